The van der Waals surface area contributed by atoms with E-state index in [0.717, 1.165) is 16.7 Å². The molecule has 118 valence electrons. The predicted molar refractivity (Wildman–Crippen MR) is 85.4 cm³/mol. The molecule has 0 saturated heterocycles. The number of rotatable bonds is 2. The summed E-state index contributed by atoms with van der Waals surface area (Å²) in [5, 5.41) is 20.3. The topological polar surface area (TPSA) is 74.6 Å². The highest BCUT2D eigenvalue weighted by Crippen LogP contribution is 2.39. The Morgan fingerprint density at radius 3 is 1.91 bits per heavy atom. The molecule has 0 aliphatic carbocycles. The van der Waals surface area contributed by atoms with Crippen molar-refractivity contribution in [1.29, 1.82) is 0 Å². The summed E-state index contributed by atoms with van der Waals surface area (Å²) in [6.07, 6.45) is 0. The molecule has 2 aromatic carbocycles. The number of hydrogen-bond donors (Lipinski definition) is 2. The Morgan fingerprint density at radius 1 is 0.773 bits per heavy atom. The molecule has 2 N–H and O–H groups in total. The molecule has 22 heavy (non-hydrogen) atoms. The number of sulfone groups is 1. The van der Waals surface area contributed by atoms with E-state index in [1.165, 1.54) is 12.1 Å². The second-order valence-electron chi connectivity index (χ2n) is 5.72. The van der Waals surface area contributed by atoms with Crippen LogP contribution in [0.25, 0.3) is 0 Å². The average molecular weight is 320 g/mol. The standard InChI is InChI=1S/C17H20O4S/c1-9-7-14(18)15(8-10(9)2)22(20,21)17-13(5)11(3)6-12(4)16(17)19/h6-8,18-19H,1-5H3. The quantitative estimate of drug-likeness (QED) is 0.888. The fourth-order valence-corrected chi connectivity index (χ4v) is 4.33. The second kappa shape index (κ2) is 5.32. The van der Waals surface area contributed by atoms with Gasteiger partial charge >= 0.3 is 0 Å². The summed E-state index contributed by atoms with van der Waals surface area (Å²) in [6, 6.07) is 4.61. The first-order valence-corrected chi connectivity index (χ1v) is 8.40. The molecule has 0 aliphatic heterocycles. The van der Waals surface area contributed by atoms with Crippen molar-refractivity contribution in [3.63, 3.8) is 0 Å². The lowest BCUT2D eigenvalue weighted by Crippen LogP contribution is -2.08. The fourth-order valence-electron chi connectivity index (χ4n) is 2.47. The van der Waals surface area contributed by atoms with E-state index in [-0.39, 0.29) is 21.3 Å². The molecule has 0 saturated carbocycles. The molecule has 0 aromatic heterocycles. The summed E-state index contributed by atoms with van der Waals surface area (Å²) in [7, 11) is -4.02. The third-order valence-electron chi connectivity index (χ3n) is 4.09. The molecule has 5 heteroatoms. The van der Waals surface area contributed by atoms with Gasteiger partial charge in [0.25, 0.3) is 0 Å². The summed E-state index contributed by atoms with van der Waals surface area (Å²) in [5.41, 5.74) is 3.32. The minimum atomic E-state index is -4.02. The van der Waals surface area contributed by atoms with Crippen LogP contribution in [0.2, 0.25) is 0 Å². The zero-order valence-electron chi connectivity index (χ0n) is 13.4. The largest absolute Gasteiger partial charge is 0.507 e. The van der Waals surface area contributed by atoms with E-state index in [1.54, 1.807) is 40.7 Å². The van der Waals surface area contributed by atoms with Crippen LogP contribution >= 0.6 is 0 Å². The zero-order valence-corrected chi connectivity index (χ0v) is 14.2. The van der Waals surface area contributed by atoms with Gasteiger partial charge in [0.15, 0.2) is 0 Å². The number of aromatic hydroxyl groups is 2. The SMILES string of the molecule is Cc1cc(O)c(S(=O)(=O)c2c(C)c(C)cc(C)c2O)cc1C. The molecular formula is C17H20O4S. The zero-order chi connectivity index (χ0) is 16.8. The van der Waals surface area contributed by atoms with Gasteiger partial charge in [0.05, 0.1) is 0 Å². The van der Waals surface area contributed by atoms with Gasteiger partial charge < -0.3 is 10.2 Å². The Morgan fingerprint density at radius 2 is 1.32 bits per heavy atom. The first-order valence-electron chi connectivity index (χ1n) is 6.92. The molecule has 0 amide bonds. The Labute approximate surface area is 131 Å². The van der Waals surface area contributed by atoms with Crippen molar-refractivity contribution >= 4 is 9.84 Å². The summed E-state index contributed by atoms with van der Waals surface area (Å²) in [4.78, 5) is -0.317. The molecule has 0 fully saturated rings. The molecule has 4 nitrogen and oxygen atoms in total. The van der Waals surface area contributed by atoms with Gasteiger partial charge in [-0.25, -0.2) is 8.42 Å². The minimum absolute atomic E-state index is 0.136. The summed E-state index contributed by atoms with van der Waals surface area (Å²) >= 11 is 0. The van der Waals surface area contributed by atoms with Gasteiger partial charge in [-0.05, 0) is 74.6 Å². The van der Waals surface area contributed by atoms with Gasteiger partial charge in [0, 0.05) is 0 Å². The van der Waals surface area contributed by atoms with Crippen LogP contribution in [0, 0.1) is 34.6 Å². The van der Waals surface area contributed by atoms with Crippen LogP contribution < -0.4 is 0 Å². The highest BCUT2D eigenvalue weighted by atomic mass is 32.2. The molecule has 0 bridgehead atoms. The van der Waals surface area contributed by atoms with E-state index in [4.69, 9.17) is 0 Å². The van der Waals surface area contributed by atoms with Gasteiger partial charge in [-0.15, -0.1) is 0 Å². The van der Waals surface area contributed by atoms with Gasteiger partial charge in [-0.1, -0.05) is 6.07 Å². The lowest BCUT2D eigenvalue weighted by molar-refractivity contribution is 0.449. The molecular weight excluding hydrogens is 300 g/mol. The molecule has 0 unspecified atom stereocenters. The van der Waals surface area contributed by atoms with Crippen molar-refractivity contribution in [2.75, 3.05) is 0 Å². The third-order valence-corrected chi connectivity index (χ3v) is 6.03. The highest BCUT2D eigenvalue weighted by Gasteiger charge is 2.29. The Bertz CT molecular complexity index is 839. The normalized spacial score (nSPS) is 11.7. The monoisotopic (exact) mass is 320 g/mol. The number of phenolic OH excluding ortho intramolecular Hbond substituents is 2. The Balaban J connectivity index is 2.86. The molecule has 0 aliphatic rings. The van der Waals surface area contributed by atoms with Gasteiger partial charge in [-0.2, -0.15) is 0 Å². The van der Waals surface area contributed by atoms with Crippen LogP contribution in [-0.2, 0) is 9.84 Å². The van der Waals surface area contributed by atoms with E-state index in [9.17, 15) is 18.6 Å². The van der Waals surface area contributed by atoms with Crippen LogP contribution in [0.4, 0.5) is 0 Å². The van der Waals surface area contributed by atoms with Crippen molar-refractivity contribution in [2.24, 2.45) is 0 Å². The second-order valence-corrected chi connectivity index (χ2v) is 7.58. The number of phenols is 2. The molecule has 0 atom stereocenters. The van der Waals surface area contributed by atoms with Gasteiger partial charge in [-0.3, -0.25) is 0 Å². The summed E-state index contributed by atoms with van der Waals surface area (Å²) in [5.74, 6) is -0.568. The maximum Gasteiger partial charge on any atom is 0.214 e. The van der Waals surface area contributed by atoms with Crippen molar-refractivity contribution in [1.82, 2.24) is 0 Å². The summed E-state index contributed by atoms with van der Waals surface area (Å²) in [6.45, 7) is 8.68. The summed E-state index contributed by atoms with van der Waals surface area (Å²) < 4.78 is 25.9. The molecule has 0 heterocycles. The van der Waals surface area contributed by atoms with Gasteiger partial charge in [0.2, 0.25) is 9.84 Å². The van der Waals surface area contributed by atoms with E-state index in [0.29, 0.717) is 11.1 Å². The number of hydrogen-bond acceptors (Lipinski definition) is 4. The van der Waals surface area contributed by atoms with Crippen LogP contribution in [0.3, 0.4) is 0 Å². The van der Waals surface area contributed by atoms with E-state index in [2.05, 4.69) is 0 Å². The average Bonchev–Trinajstić information content (AvgIpc) is 2.40. The lowest BCUT2D eigenvalue weighted by Gasteiger charge is -2.16. The van der Waals surface area contributed by atoms with Crippen molar-refractivity contribution in [2.45, 2.75) is 44.4 Å². The number of benzene rings is 2. The lowest BCUT2D eigenvalue weighted by atomic mass is 10.1. The smallest absolute Gasteiger partial charge is 0.214 e. The Kier molecular flexibility index (Phi) is 3.96. The van der Waals surface area contributed by atoms with Crippen LogP contribution in [-0.4, -0.2) is 18.6 Å². The maximum absolute atomic E-state index is 12.9. The van der Waals surface area contributed by atoms with Gasteiger partial charge in [0.1, 0.15) is 21.3 Å². The van der Waals surface area contributed by atoms with Crippen molar-refractivity contribution < 1.29 is 18.6 Å². The van der Waals surface area contributed by atoms with E-state index < -0.39 is 9.84 Å². The molecule has 2 aromatic rings. The fraction of sp³-hybridized carbons (Fsp3) is 0.294. The van der Waals surface area contributed by atoms with Crippen LogP contribution in [0.5, 0.6) is 11.5 Å². The van der Waals surface area contributed by atoms with Crippen LogP contribution in [0.1, 0.15) is 27.8 Å². The van der Waals surface area contributed by atoms with Crippen molar-refractivity contribution in [3.05, 3.63) is 46.0 Å². The van der Waals surface area contributed by atoms with E-state index in [1.807, 2.05) is 0 Å². The number of aryl methyl sites for hydroxylation is 4. The minimum Gasteiger partial charge on any atom is -0.507 e. The van der Waals surface area contributed by atoms with Crippen LogP contribution in [0.15, 0.2) is 28.0 Å². The van der Waals surface area contributed by atoms with Crippen molar-refractivity contribution in [3.8, 4) is 11.5 Å². The Hall–Kier alpha value is -2.01. The first-order chi connectivity index (χ1) is 10.1. The first kappa shape index (κ1) is 16.4. The molecule has 2 rings (SSSR count). The third kappa shape index (κ3) is 2.46. The molecule has 0 radical (unpaired) electrons. The predicted octanol–water partition coefficient (Wildman–Crippen LogP) is 3.47. The van der Waals surface area contributed by atoms with E-state index >= 15 is 0 Å². The maximum atomic E-state index is 12.9. The molecule has 0 spiro atoms. The highest BCUT2D eigenvalue weighted by molar-refractivity contribution is 7.91.